The van der Waals surface area contributed by atoms with E-state index in [4.69, 9.17) is 4.55 Å². The molecule has 16 heavy (non-hydrogen) atoms. The van der Waals surface area contributed by atoms with Crippen LogP contribution in [0.25, 0.3) is 0 Å². The van der Waals surface area contributed by atoms with Crippen LogP contribution in [0.4, 0.5) is 0 Å². The third-order valence-electron chi connectivity index (χ3n) is 1.18. The summed E-state index contributed by atoms with van der Waals surface area (Å²) in [5.74, 6) is 0. The smallest absolute Gasteiger partial charge is 0.312 e. The highest BCUT2D eigenvalue weighted by atomic mass is 79.9. The van der Waals surface area contributed by atoms with E-state index >= 15 is 0 Å². The molecule has 0 bridgehead atoms. The Balaban J connectivity index is 0.000000385. The molecule has 0 aliphatic heterocycles. The second-order valence-corrected chi connectivity index (χ2v) is 5.14. The van der Waals surface area contributed by atoms with Crippen molar-refractivity contribution in [2.45, 2.75) is 5.03 Å². The van der Waals surface area contributed by atoms with Gasteiger partial charge in [0.05, 0.1) is 0 Å². The van der Waals surface area contributed by atoms with E-state index in [2.05, 4.69) is 20.9 Å². The predicted molar refractivity (Wildman–Crippen MR) is 61.5 cm³/mol. The molecule has 0 unspecified atom stereocenters. The first kappa shape index (κ1) is 15.0. The molecule has 0 fully saturated rings. The summed E-state index contributed by atoms with van der Waals surface area (Å²) >= 11 is 3.07. The predicted octanol–water partition coefficient (Wildman–Crippen LogP) is 0.795. The molecule has 0 atom stereocenters. The van der Waals surface area contributed by atoms with Crippen LogP contribution in [-0.4, -0.2) is 43.4 Å². The zero-order chi connectivity index (χ0) is 12.8. The maximum Gasteiger partial charge on any atom is 0.312 e. The van der Waals surface area contributed by atoms with E-state index in [1.807, 2.05) is 0 Å². The molecule has 1 aromatic heterocycles. The van der Waals surface area contributed by atoms with E-state index in [0.29, 0.717) is 4.47 Å². The Morgan fingerprint density at radius 2 is 1.94 bits per heavy atom. The van der Waals surface area contributed by atoms with Crippen LogP contribution in [0.3, 0.4) is 0 Å². The Morgan fingerprint density at radius 3 is 2.19 bits per heavy atom. The second-order valence-electron chi connectivity index (χ2n) is 2.86. The van der Waals surface area contributed by atoms with Crippen molar-refractivity contribution in [3.63, 3.8) is 0 Å². The van der Waals surface area contributed by atoms with Gasteiger partial charge < -0.3 is 4.90 Å². The molecule has 90 valence electrons. The normalized spacial score (nSPS) is 10.0. The highest BCUT2D eigenvalue weighted by Gasteiger charge is 2.09. The Labute approximate surface area is 102 Å². The average Bonchev–Trinajstić information content (AvgIpc) is 2.18. The monoisotopic (exact) mass is 310 g/mol. The van der Waals surface area contributed by atoms with Crippen LogP contribution in [0, 0.1) is 0 Å². The fraction of sp³-hybridized carbons (Fsp3) is 0.250. The van der Waals surface area contributed by atoms with Gasteiger partial charge in [0.1, 0.15) is 0 Å². The minimum atomic E-state index is -4.15. The minimum Gasteiger partial charge on any atom is -0.351 e. The van der Waals surface area contributed by atoms with Crippen molar-refractivity contribution in [2.75, 3.05) is 14.1 Å². The van der Waals surface area contributed by atoms with Gasteiger partial charge in [-0.3, -0.25) is 9.35 Å². The number of rotatable bonds is 2. The first-order valence-electron chi connectivity index (χ1n) is 3.98. The molecule has 8 heteroatoms. The standard InChI is InChI=1S/C5H4BrNO3S.C3H7NO/c6-4-1-2-5(7-3-4)11(8,9)10;1-4(2)3-5/h1-3H,(H,8,9,10);3H,1-2H3. The summed E-state index contributed by atoms with van der Waals surface area (Å²) in [5, 5.41) is -0.347. The minimum absolute atomic E-state index is 0.347. The third-order valence-corrected chi connectivity index (χ3v) is 2.41. The number of nitrogens with zero attached hydrogens (tertiary/aromatic N) is 2. The van der Waals surface area contributed by atoms with Gasteiger partial charge in [-0.15, -0.1) is 0 Å². The number of carbonyl (C=O) groups is 1. The van der Waals surface area contributed by atoms with E-state index in [9.17, 15) is 13.2 Å². The fourth-order valence-corrected chi connectivity index (χ4v) is 1.18. The Hall–Kier alpha value is -0.990. The van der Waals surface area contributed by atoms with Crippen molar-refractivity contribution in [3.8, 4) is 0 Å². The fourth-order valence-electron chi connectivity index (χ4n) is 0.515. The van der Waals surface area contributed by atoms with Gasteiger partial charge in [0.2, 0.25) is 6.41 Å². The summed E-state index contributed by atoms with van der Waals surface area (Å²) in [5.41, 5.74) is 0. The zero-order valence-corrected chi connectivity index (χ0v) is 11.1. The van der Waals surface area contributed by atoms with Gasteiger partial charge in [-0.25, -0.2) is 4.98 Å². The lowest BCUT2D eigenvalue weighted by molar-refractivity contribution is -0.115. The molecule has 0 aromatic carbocycles. The Bertz CT molecular complexity index is 430. The topological polar surface area (TPSA) is 87.6 Å². The van der Waals surface area contributed by atoms with Crippen LogP contribution in [-0.2, 0) is 14.9 Å². The Morgan fingerprint density at radius 1 is 1.44 bits per heavy atom. The number of halogens is 1. The maximum absolute atomic E-state index is 10.4. The molecule has 1 heterocycles. The third kappa shape index (κ3) is 6.49. The van der Waals surface area contributed by atoms with Crippen LogP contribution in [0.2, 0.25) is 0 Å². The van der Waals surface area contributed by atoms with E-state index < -0.39 is 10.1 Å². The molecule has 6 nitrogen and oxygen atoms in total. The van der Waals surface area contributed by atoms with E-state index in [0.717, 1.165) is 6.41 Å². The lowest BCUT2D eigenvalue weighted by atomic mass is 10.5. The largest absolute Gasteiger partial charge is 0.351 e. The van der Waals surface area contributed by atoms with Gasteiger partial charge in [0.25, 0.3) is 0 Å². The zero-order valence-electron chi connectivity index (χ0n) is 8.66. The van der Waals surface area contributed by atoms with Gasteiger partial charge in [0.15, 0.2) is 5.03 Å². The molecule has 0 spiro atoms. The molecule has 1 rings (SSSR count). The number of amides is 1. The summed E-state index contributed by atoms with van der Waals surface area (Å²) in [6, 6.07) is 2.69. The van der Waals surface area contributed by atoms with E-state index in [-0.39, 0.29) is 5.03 Å². The summed E-state index contributed by atoms with van der Waals surface area (Å²) in [6.07, 6.45) is 2.04. The van der Waals surface area contributed by atoms with Crippen LogP contribution in [0.1, 0.15) is 0 Å². The molecule has 1 N–H and O–H groups in total. The lowest BCUT2D eigenvalue weighted by Crippen LogP contribution is -2.06. The number of carbonyl (C=O) groups excluding carboxylic acids is 1. The number of hydrogen-bond acceptors (Lipinski definition) is 4. The maximum atomic E-state index is 10.4. The molecule has 0 saturated heterocycles. The molecular formula is C8H11BrN2O4S. The number of aromatic nitrogens is 1. The molecule has 0 aliphatic rings. The van der Waals surface area contributed by atoms with E-state index in [1.54, 1.807) is 14.1 Å². The SMILES string of the molecule is CN(C)C=O.O=S(=O)(O)c1ccc(Br)cn1. The van der Waals surface area contributed by atoms with Gasteiger partial charge in [-0.2, -0.15) is 8.42 Å². The van der Waals surface area contributed by atoms with Crippen molar-refractivity contribution < 1.29 is 17.8 Å². The van der Waals surface area contributed by atoms with Crippen molar-refractivity contribution in [1.29, 1.82) is 0 Å². The van der Waals surface area contributed by atoms with Crippen molar-refractivity contribution >= 4 is 32.5 Å². The summed E-state index contributed by atoms with van der Waals surface area (Å²) in [6.45, 7) is 0. The van der Waals surface area contributed by atoms with E-state index in [1.165, 1.54) is 23.2 Å². The van der Waals surface area contributed by atoms with Crippen molar-refractivity contribution in [2.24, 2.45) is 0 Å². The second kappa shape index (κ2) is 6.56. The molecule has 0 saturated carbocycles. The Kier molecular flexibility index (Phi) is 6.16. The van der Waals surface area contributed by atoms with Crippen molar-refractivity contribution in [1.82, 2.24) is 9.88 Å². The highest BCUT2D eigenvalue weighted by molar-refractivity contribution is 9.10. The summed E-state index contributed by atoms with van der Waals surface area (Å²) in [7, 11) is -0.777. The number of pyridine rings is 1. The van der Waals surface area contributed by atoms with Crippen LogP contribution < -0.4 is 0 Å². The van der Waals surface area contributed by atoms with Gasteiger partial charge in [-0.1, -0.05) is 0 Å². The average molecular weight is 311 g/mol. The number of hydrogen-bond donors (Lipinski definition) is 1. The van der Waals surface area contributed by atoms with Crippen molar-refractivity contribution in [3.05, 3.63) is 22.8 Å². The van der Waals surface area contributed by atoms with Gasteiger partial charge >= 0.3 is 10.1 Å². The first-order chi connectivity index (χ1) is 7.27. The lowest BCUT2D eigenvalue weighted by Gasteiger charge is -1.93. The molecule has 0 aliphatic carbocycles. The van der Waals surface area contributed by atoms with Crippen LogP contribution in [0.15, 0.2) is 27.8 Å². The molecule has 1 aromatic rings. The first-order valence-corrected chi connectivity index (χ1v) is 6.21. The van der Waals surface area contributed by atoms with Gasteiger partial charge in [0, 0.05) is 24.8 Å². The molecular weight excluding hydrogens is 300 g/mol. The quantitative estimate of drug-likeness (QED) is 0.644. The summed E-state index contributed by atoms with van der Waals surface area (Å²) < 4.78 is 30.0. The molecule has 0 radical (unpaired) electrons. The van der Waals surface area contributed by atoms with Crippen LogP contribution >= 0.6 is 15.9 Å². The highest BCUT2D eigenvalue weighted by Crippen LogP contribution is 2.10. The summed E-state index contributed by atoms with van der Waals surface area (Å²) in [4.78, 5) is 14.3. The molecule has 1 amide bonds. The van der Waals surface area contributed by atoms with Crippen LogP contribution in [0.5, 0.6) is 0 Å². The van der Waals surface area contributed by atoms with Gasteiger partial charge in [-0.05, 0) is 28.1 Å².